The number of carbonyl (C=O) groups is 1. The molecule has 5 nitrogen and oxygen atoms in total. The van der Waals surface area contributed by atoms with Crippen molar-refractivity contribution in [3.8, 4) is 11.5 Å². The number of benzene rings is 1. The third-order valence-corrected chi connectivity index (χ3v) is 2.83. The van der Waals surface area contributed by atoms with Crippen LogP contribution in [0.3, 0.4) is 0 Å². The lowest BCUT2D eigenvalue weighted by atomic mass is 10.2. The van der Waals surface area contributed by atoms with E-state index in [2.05, 4.69) is 5.32 Å². The Morgan fingerprint density at radius 2 is 2.11 bits per heavy atom. The quantitative estimate of drug-likeness (QED) is 0.876. The first-order chi connectivity index (χ1) is 9.29. The Kier molecular flexibility index (Phi) is 5.03. The molecular formula is C14H19NO4. The van der Waals surface area contributed by atoms with Crippen molar-refractivity contribution in [1.29, 1.82) is 0 Å². The molecule has 1 aliphatic heterocycles. The van der Waals surface area contributed by atoms with Gasteiger partial charge < -0.3 is 19.5 Å². The highest BCUT2D eigenvalue weighted by atomic mass is 16.5. The Balaban J connectivity index is 1.90. The van der Waals surface area contributed by atoms with E-state index in [-0.39, 0.29) is 5.91 Å². The minimum Gasteiger partial charge on any atom is -0.490 e. The molecule has 0 aromatic heterocycles. The van der Waals surface area contributed by atoms with E-state index in [1.54, 1.807) is 7.11 Å². The van der Waals surface area contributed by atoms with E-state index in [1.165, 1.54) is 0 Å². The van der Waals surface area contributed by atoms with Crippen LogP contribution in [0.4, 0.5) is 0 Å². The lowest BCUT2D eigenvalue weighted by Crippen LogP contribution is -2.23. The summed E-state index contributed by atoms with van der Waals surface area (Å²) in [6.45, 7) is 2.27. The van der Waals surface area contributed by atoms with E-state index >= 15 is 0 Å². The van der Waals surface area contributed by atoms with E-state index in [0.29, 0.717) is 32.8 Å². The average molecular weight is 265 g/mol. The van der Waals surface area contributed by atoms with Crippen LogP contribution >= 0.6 is 0 Å². The van der Waals surface area contributed by atoms with Crippen molar-refractivity contribution in [2.45, 2.75) is 19.4 Å². The minimum atomic E-state index is -0.0195. The molecule has 0 spiro atoms. The lowest BCUT2D eigenvalue weighted by Gasteiger charge is -2.10. The third-order valence-electron chi connectivity index (χ3n) is 2.83. The smallest absolute Gasteiger partial charge is 0.222 e. The zero-order chi connectivity index (χ0) is 13.5. The Morgan fingerprint density at radius 3 is 2.89 bits per heavy atom. The predicted molar refractivity (Wildman–Crippen MR) is 70.4 cm³/mol. The fraction of sp³-hybridized carbons (Fsp3) is 0.500. The third kappa shape index (κ3) is 4.13. The Bertz CT molecular complexity index is 433. The number of hydrogen-bond acceptors (Lipinski definition) is 4. The highest BCUT2D eigenvalue weighted by Crippen LogP contribution is 2.30. The minimum absolute atomic E-state index is 0.0195. The van der Waals surface area contributed by atoms with Crippen molar-refractivity contribution in [2.75, 3.05) is 26.9 Å². The van der Waals surface area contributed by atoms with Gasteiger partial charge in [-0.05, 0) is 17.7 Å². The molecule has 104 valence electrons. The summed E-state index contributed by atoms with van der Waals surface area (Å²) in [4.78, 5) is 11.5. The molecule has 0 aliphatic carbocycles. The summed E-state index contributed by atoms with van der Waals surface area (Å²) < 4.78 is 16.0. The fourth-order valence-electron chi connectivity index (χ4n) is 1.80. The van der Waals surface area contributed by atoms with Crippen molar-refractivity contribution in [1.82, 2.24) is 5.32 Å². The number of fused-ring (bicyclic) bond motifs is 1. The number of hydrogen-bond donors (Lipinski definition) is 1. The number of ether oxygens (including phenoxy) is 3. The normalized spacial score (nSPS) is 13.7. The molecule has 1 amide bonds. The summed E-state index contributed by atoms with van der Waals surface area (Å²) >= 11 is 0. The van der Waals surface area contributed by atoms with Crippen LogP contribution in [0.15, 0.2) is 18.2 Å². The highest BCUT2D eigenvalue weighted by Gasteiger charge is 2.10. The van der Waals surface area contributed by atoms with E-state index in [1.807, 2.05) is 18.2 Å². The van der Waals surface area contributed by atoms with Crippen molar-refractivity contribution >= 4 is 5.91 Å². The standard InChI is InChI=1S/C14H19NO4/c1-17-8-5-14(16)15-10-11-3-4-12-13(9-11)19-7-2-6-18-12/h3-4,9H,2,5-8,10H2,1H3,(H,15,16). The lowest BCUT2D eigenvalue weighted by molar-refractivity contribution is -0.122. The molecule has 0 atom stereocenters. The molecule has 0 fully saturated rings. The van der Waals surface area contributed by atoms with Gasteiger partial charge >= 0.3 is 0 Å². The van der Waals surface area contributed by atoms with Crippen LogP contribution in [0.2, 0.25) is 0 Å². The van der Waals surface area contributed by atoms with E-state index in [4.69, 9.17) is 14.2 Å². The van der Waals surface area contributed by atoms with Crippen LogP contribution in [-0.4, -0.2) is 32.8 Å². The maximum absolute atomic E-state index is 11.5. The Labute approximate surface area is 112 Å². The second kappa shape index (κ2) is 6.99. The molecule has 1 aromatic rings. The van der Waals surface area contributed by atoms with Crippen LogP contribution < -0.4 is 14.8 Å². The topological polar surface area (TPSA) is 56.8 Å². The first kappa shape index (κ1) is 13.7. The monoisotopic (exact) mass is 265 g/mol. The number of carbonyl (C=O) groups excluding carboxylic acids is 1. The van der Waals surface area contributed by atoms with Crippen LogP contribution in [0.25, 0.3) is 0 Å². The molecule has 0 saturated carbocycles. The molecule has 1 N–H and O–H groups in total. The van der Waals surface area contributed by atoms with Gasteiger partial charge in [0.05, 0.1) is 19.8 Å². The van der Waals surface area contributed by atoms with Gasteiger partial charge in [0, 0.05) is 26.5 Å². The number of amides is 1. The van der Waals surface area contributed by atoms with E-state index in [0.717, 1.165) is 23.5 Å². The molecule has 5 heteroatoms. The molecule has 19 heavy (non-hydrogen) atoms. The molecule has 0 bridgehead atoms. The molecule has 1 aliphatic rings. The summed E-state index contributed by atoms with van der Waals surface area (Å²) in [5.74, 6) is 1.50. The summed E-state index contributed by atoms with van der Waals surface area (Å²) in [6.07, 6.45) is 1.26. The molecule has 0 radical (unpaired) electrons. The van der Waals surface area contributed by atoms with Crippen LogP contribution in [0.5, 0.6) is 11.5 Å². The molecule has 0 unspecified atom stereocenters. The van der Waals surface area contributed by atoms with Gasteiger partial charge in [0.2, 0.25) is 5.91 Å². The van der Waals surface area contributed by atoms with Crippen LogP contribution in [-0.2, 0) is 16.1 Å². The second-order valence-corrected chi connectivity index (χ2v) is 4.35. The average Bonchev–Trinajstić information content (AvgIpc) is 2.67. The van der Waals surface area contributed by atoms with Gasteiger partial charge in [-0.3, -0.25) is 4.79 Å². The van der Waals surface area contributed by atoms with Gasteiger partial charge in [0.25, 0.3) is 0 Å². The first-order valence-electron chi connectivity index (χ1n) is 6.44. The maximum Gasteiger partial charge on any atom is 0.222 e. The second-order valence-electron chi connectivity index (χ2n) is 4.35. The number of nitrogens with one attached hydrogen (secondary N) is 1. The molecule has 0 saturated heterocycles. The van der Waals surface area contributed by atoms with Gasteiger partial charge in [0.15, 0.2) is 11.5 Å². The molecule has 1 heterocycles. The summed E-state index contributed by atoms with van der Waals surface area (Å²) in [7, 11) is 1.58. The zero-order valence-corrected chi connectivity index (χ0v) is 11.1. The van der Waals surface area contributed by atoms with Crippen molar-refractivity contribution in [3.05, 3.63) is 23.8 Å². The van der Waals surface area contributed by atoms with E-state index < -0.39 is 0 Å². The summed E-state index contributed by atoms with van der Waals surface area (Å²) in [6, 6.07) is 5.73. The van der Waals surface area contributed by atoms with Crippen LogP contribution in [0, 0.1) is 0 Å². The molecular weight excluding hydrogens is 246 g/mol. The van der Waals surface area contributed by atoms with Crippen LogP contribution in [0.1, 0.15) is 18.4 Å². The number of rotatable bonds is 5. The van der Waals surface area contributed by atoms with Gasteiger partial charge in [-0.25, -0.2) is 0 Å². The predicted octanol–water partition coefficient (Wildman–Crippen LogP) is 1.50. The van der Waals surface area contributed by atoms with Crippen molar-refractivity contribution < 1.29 is 19.0 Å². The van der Waals surface area contributed by atoms with E-state index in [9.17, 15) is 4.79 Å². The molecule has 1 aromatic carbocycles. The van der Waals surface area contributed by atoms with Gasteiger partial charge in [-0.2, -0.15) is 0 Å². The van der Waals surface area contributed by atoms with Crippen molar-refractivity contribution in [3.63, 3.8) is 0 Å². The van der Waals surface area contributed by atoms with Gasteiger partial charge in [0.1, 0.15) is 0 Å². The fourth-order valence-corrected chi connectivity index (χ4v) is 1.80. The SMILES string of the molecule is COCCC(=O)NCc1ccc2c(c1)OCCCO2. The summed E-state index contributed by atoms with van der Waals surface area (Å²) in [5.41, 5.74) is 0.995. The number of methoxy groups -OCH3 is 1. The van der Waals surface area contributed by atoms with Gasteiger partial charge in [-0.15, -0.1) is 0 Å². The van der Waals surface area contributed by atoms with Gasteiger partial charge in [-0.1, -0.05) is 6.07 Å². The maximum atomic E-state index is 11.5. The zero-order valence-electron chi connectivity index (χ0n) is 11.1. The largest absolute Gasteiger partial charge is 0.490 e. The molecule has 2 rings (SSSR count). The first-order valence-corrected chi connectivity index (χ1v) is 6.44. The summed E-state index contributed by atoms with van der Waals surface area (Å²) in [5, 5.41) is 2.84. The highest BCUT2D eigenvalue weighted by molar-refractivity contribution is 5.75. The van der Waals surface area contributed by atoms with Crippen molar-refractivity contribution in [2.24, 2.45) is 0 Å². The Morgan fingerprint density at radius 1 is 1.32 bits per heavy atom. The Hall–Kier alpha value is -1.75.